The predicted molar refractivity (Wildman–Crippen MR) is 69.9 cm³/mol. The molecule has 0 amide bonds. The predicted octanol–water partition coefficient (Wildman–Crippen LogP) is 2.29. The van der Waals surface area contributed by atoms with Crippen LogP contribution >= 0.6 is 11.6 Å². The summed E-state index contributed by atoms with van der Waals surface area (Å²) in [5.41, 5.74) is -1.85. The van der Waals surface area contributed by atoms with Crippen LogP contribution in [0.4, 0.5) is 13.2 Å². The van der Waals surface area contributed by atoms with Gasteiger partial charge in [-0.05, 0) is 30.8 Å². The zero-order valence-corrected chi connectivity index (χ0v) is 11.2. The summed E-state index contributed by atoms with van der Waals surface area (Å²) in [6, 6.07) is 3.40. The van der Waals surface area contributed by atoms with E-state index < -0.39 is 22.7 Å². The molecule has 2 aromatic rings. The van der Waals surface area contributed by atoms with E-state index in [0.29, 0.717) is 6.54 Å². The van der Waals surface area contributed by atoms with E-state index in [1.807, 2.05) is 0 Å². The number of nitrogens with zero attached hydrogens (tertiary/aromatic N) is 2. The van der Waals surface area contributed by atoms with E-state index in [1.54, 1.807) is 7.05 Å². The van der Waals surface area contributed by atoms with E-state index in [4.69, 9.17) is 11.6 Å². The molecular formula is C12H11ClF3N3O. The lowest BCUT2D eigenvalue weighted by molar-refractivity contribution is -0.136. The number of benzene rings is 1. The number of halogens is 4. The van der Waals surface area contributed by atoms with Crippen molar-refractivity contribution in [3.05, 3.63) is 39.4 Å². The van der Waals surface area contributed by atoms with Crippen LogP contribution in [0.2, 0.25) is 5.28 Å². The van der Waals surface area contributed by atoms with Crippen LogP contribution in [0.3, 0.4) is 0 Å². The number of fused-ring (bicyclic) bond motifs is 1. The number of likely N-dealkylation sites (N-methyl/N-ethyl adjacent to an activating group) is 1. The summed E-state index contributed by atoms with van der Waals surface area (Å²) in [4.78, 5) is 16.1. The molecule has 0 bridgehead atoms. The Labute approximate surface area is 117 Å². The zero-order valence-electron chi connectivity index (χ0n) is 10.5. The van der Waals surface area contributed by atoms with Crippen LogP contribution in [0.25, 0.3) is 10.9 Å². The first-order chi connectivity index (χ1) is 9.36. The van der Waals surface area contributed by atoms with Gasteiger partial charge in [-0.25, -0.2) is 4.98 Å². The van der Waals surface area contributed by atoms with Crippen LogP contribution in [0.5, 0.6) is 0 Å². The summed E-state index contributed by atoms with van der Waals surface area (Å²) in [5.74, 6) is 0. The molecule has 1 N–H and O–H groups in total. The Morgan fingerprint density at radius 3 is 2.70 bits per heavy atom. The average molecular weight is 306 g/mol. The van der Waals surface area contributed by atoms with E-state index in [0.717, 1.165) is 10.6 Å². The van der Waals surface area contributed by atoms with Gasteiger partial charge in [0.15, 0.2) is 0 Å². The molecule has 0 aliphatic heterocycles. The minimum absolute atomic E-state index is 0.0597. The summed E-state index contributed by atoms with van der Waals surface area (Å²) in [6.45, 7) is 0.532. The van der Waals surface area contributed by atoms with Crippen LogP contribution in [0.15, 0.2) is 23.0 Å². The smallest absolute Gasteiger partial charge is 0.318 e. The Hall–Kier alpha value is -1.60. The molecular weight excluding hydrogens is 295 g/mol. The SMILES string of the molecule is CNCCn1c(Cl)nc2cccc(C(F)(F)F)c2c1=O. The molecule has 0 spiro atoms. The summed E-state index contributed by atoms with van der Waals surface area (Å²) < 4.78 is 39.9. The van der Waals surface area contributed by atoms with E-state index in [9.17, 15) is 18.0 Å². The van der Waals surface area contributed by atoms with Crippen molar-refractivity contribution in [2.75, 3.05) is 13.6 Å². The van der Waals surface area contributed by atoms with Gasteiger partial charge >= 0.3 is 6.18 Å². The molecule has 8 heteroatoms. The third kappa shape index (κ3) is 2.64. The highest BCUT2D eigenvalue weighted by molar-refractivity contribution is 6.28. The monoisotopic (exact) mass is 305 g/mol. The molecule has 0 atom stereocenters. The van der Waals surface area contributed by atoms with Crippen LogP contribution in [-0.2, 0) is 12.7 Å². The molecule has 0 unspecified atom stereocenters. The average Bonchev–Trinajstić information content (AvgIpc) is 2.36. The Morgan fingerprint density at radius 1 is 1.40 bits per heavy atom. The first-order valence-corrected chi connectivity index (χ1v) is 6.15. The fraction of sp³-hybridized carbons (Fsp3) is 0.333. The van der Waals surface area contributed by atoms with Gasteiger partial charge in [0.05, 0.1) is 16.5 Å². The highest BCUT2D eigenvalue weighted by Crippen LogP contribution is 2.33. The lowest BCUT2D eigenvalue weighted by Gasteiger charge is -2.13. The lowest BCUT2D eigenvalue weighted by Crippen LogP contribution is -2.28. The number of hydrogen-bond acceptors (Lipinski definition) is 3. The van der Waals surface area contributed by atoms with Crippen molar-refractivity contribution in [1.82, 2.24) is 14.9 Å². The molecule has 1 heterocycles. The topological polar surface area (TPSA) is 46.9 Å². The molecule has 1 aromatic heterocycles. The van der Waals surface area contributed by atoms with Crippen molar-refractivity contribution in [2.45, 2.75) is 12.7 Å². The highest BCUT2D eigenvalue weighted by atomic mass is 35.5. The first-order valence-electron chi connectivity index (χ1n) is 5.77. The first kappa shape index (κ1) is 14.8. The highest BCUT2D eigenvalue weighted by Gasteiger charge is 2.34. The molecule has 0 saturated heterocycles. The molecule has 0 aliphatic rings. The van der Waals surface area contributed by atoms with Crippen molar-refractivity contribution in [2.24, 2.45) is 0 Å². The molecule has 0 fully saturated rings. The Bertz CT molecular complexity index is 697. The number of alkyl halides is 3. The van der Waals surface area contributed by atoms with Crippen LogP contribution in [0.1, 0.15) is 5.56 Å². The van der Waals surface area contributed by atoms with E-state index in [1.165, 1.54) is 12.1 Å². The molecule has 4 nitrogen and oxygen atoms in total. The summed E-state index contributed by atoms with van der Waals surface area (Å²) >= 11 is 5.85. The van der Waals surface area contributed by atoms with Gasteiger partial charge in [0.25, 0.3) is 5.56 Å². The third-order valence-electron chi connectivity index (χ3n) is 2.83. The third-order valence-corrected chi connectivity index (χ3v) is 3.12. The molecule has 0 saturated carbocycles. The van der Waals surface area contributed by atoms with Gasteiger partial charge in [-0.3, -0.25) is 9.36 Å². The summed E-state index contributed by atoms with van der Waals surface area (Å²) in [7, 11) is 1.66. The molecule has 2 rings (SSSR count). The van der Waals surface area contributed by atoms with Crippen molar-refractivity contribution in [3.8, 4) is 0 Å². The minimum Gasteiger partial charge on any atom is -0.318 e. The molecule has 20 heavy (non-hydrogen) atoms. The van der Waals surface area contributed by atoms with Crippen molar-refractivity contribution in [3.63, 3.8) is 0 Å². The molecule has 108 valence electrons. The number of nitrogens with one attached hydrogen (secondary N) is 1. The van der Waals surface area contributed by atoms with Crippen molar-refractivity contribution in [1.29, 1.82) is 0 Å². The minimum atomic E-state index is -4.62. The summed E-state index contributed by atoms with van der Waals surface area (Å²) in [5, 5.41) is 2.21. The van der Waals surface area contributed by atoms with Crippen molar-refractivity contribution < 1.29 is 13.2 Å². The van der Waals surface area contributed by atoms with Crippen molar-refractivity contribution >= 4 is 22.5 Å². The Morgan fingerprint density at radius 2 is 2.10 bits per heavy atom. The number of rotatable bonds is 3. The second-order valence-electron chi connectivity index (χ2n) is 4.14. The fourth-order valence-corrected chi connectivity index (χ4v) is 2.14. The fourth-order valence-electron chi connectivity index (χ4n) is 1.89. The standard InChI is InChI=1S/C12H11ClF3N3O/c1-17-5-6-19-10(20)9-7(12(14,15)16)3-2-4-8(9)18-11(19)13/h2-4,17H,5-6H2,1H3. The van der Waals surface area contributed by atoms with Gasteiger partial charge in [-0.2, -0.15) is 13.2 Å². The molecule has 1 aromatic carbocycles. The van der Waals surface area contributed by atoms with Gasteiger partial charge in [0.2, 0.25) is 5.28 Å². The van der Waals surface area contributed by atoms with Crippen LogP contribution in [0, 0.1) is 0 Å². The lowest BCUT2D eigenvalue weighted by atomic mass is 10.1. The number of aromatic nitrogens is 2. The normalized spacial score (nSPS) is 12.1. The van der Waals surface area contributed by atoms with Gasteiger partial charge in [0.1, 0.15) is 0 Å². The summed E-state index contributed by atoms with van der Waals surface area (Å²) in [6.07, 6.45) is -4.62. The van der Waals surface area contributed by atoms with E-state index >= 15 is 0 Å². The van der Waals surface area contributed by atoms with E-state index in [-0.39, 0.29) is 17.3 Å². The Kier molecular flexibility index (Phi) is 4.01. The maximum absolute atomic E-state index is 13.0. The maximum Gasteiger partial charge on any atom is 0.417 e. The Balaban J connectivity index is 2.78. The van der Waals surface area contributed by atoms with Gasteiger partial charge in [0, 0.05) is 13.1 Å². The second-order valence-corrected chi connectivity index (χ2v) is 4.48. The number of hydrogen-bond donors (Lipinski definition) is 1. The van der Waals surface area contributed by atoms with Crippen LogP contribution in [-0.4, -0.2) is 23.1 Å². The maximum atomic E-state index is 13.0. The quantitative estimate of drug-likeness (QED) is 0.885. The van der Waals surface area contributed by atoms with Gasteiger partial charge in [-0.15, -0.1) is 0 Å². The molecule has 0 radical (unpaired) electrons. The van der Waals surface area contributed by atoms with Gasteiger partial charge < -0.3 is 5.32 Å². The van der Waals surface area contributed by atoms with E-state index in [2.05, 4.69) is 10.3 Å². The largest absolute Gasteiger partial charge is 0.417 e. The zero-order chi connectivity index (χ0) is 14.9. The molecule has 0 aliphatic carbocycles. The van der Waals surface area contributed by atoms with Gasteiger partial charge in [-0.1, -0.05) is 6.07 Å². The second kappa shape index (κ2) is 5.41. The van der Waals surface area contributed by atoms with Crippen LogP contribution < -0.4 is 10.9 Å².